The van der Waals surface area contributed by atoms with Crippen molar-refractivity contribution in [2.24, 2.45) is 5.92 Å². The Morgan fingerprint density at radius 2 is 1.89 bits per heavy atom. The van der Waals surface area contributed by atoms with Crippen LogP contribution in [0.15, 0.2) is 0 Å². The van der Waals surface area contributed by atoms with Crippen LogP contribution in [0.4, 0.5) is 0 Å². The molecule has 0 saturated carbocycles. The van der Waals surface area contributed by atoms with Crippen molar-refractivity contribution < 1.29 is 14.0 Å². The summed E-state index contributed by atoms with van der Waals surface area (Å²) < 4.78 is 5.30. The van der Waals surface area contributed by atoms with E-state index in [2.05, 4.69) is 10.6 Å². The van der Waals surface area contributed by atoms with Crippen molar-refractivity contribution in [1.82, 2.24) is 10.6 Å². The second-order valence-electron chi connectivity index (χ2n) is 5.15. The summed E-state index contributed by atoms with van der Waals surface area (Å²) in [5.41, 5.74) is 0. The quantitative estimate of drug-likeness (QED) is 0.520. The zero-order chi connectivity index (χ0) is 14.2. The predicted octanol–water partition coefficient (Wildman–Crippen LogP) is 1.46. The lowest BCUT2D eigenvalue weighted by molar-refractivity contribution is -0.125. The Morgan fingerprint density at radius 3 is 2.39 bits per heavy atom. The van der Waals surface area contributed by atoms with Gasteiger partial charge in [0.05, 0.1) is 6.67 Å². The molecule has 0 aromatic heterocycles. The number of carbonyl (C=O) groups is 2. The minimum atomic E-state index is -1.88. The van der Waals surface area contributed by atoms with Crippen LogP contribution in [0, 0.1) is 5.92 Å². The van der Waals surface area contributed by atoms with Gasteiger partial charge in [-0.15, -0.1) is 0 Å². The van der Waals surface area contributed by atoms with Crippen molar-refractivity contribution >= 4 is 20.1 Å². The largest absolute Gasteiger partial charge is 0.420 e. The van der Waals surface area contributed by atoms with Gasteiger partial charge in [-0.05, 0) is 19.5 Å². The minimum Gasteiger partial charge on any atom is -0.420 e. The molecule has 0 aliphatic carbocycles. The van der Waals surface area contributed by atoms with Crippen molar-refractivity contribution in [2.45, 2.75) is 45.8 Å². The molecule has 0 bridgehead atoms. The van der Waals surface area contributed by atoms with Gasteiger partial charge in [-0.3, -0.25) is 9.59 Å². The molecule has 0 aliphatic rings. The van der Waals surface area contributed by atoms with Gasteiger partial charge in [0.15, 0.2) is 8.32 Å². The van der Waals surface area contributed by atoms with Crippen LogP contribution in [0.25, 0.3) is 0 Å². The van der Waals surface area contributed by atoms with Crippen molar-refractivity contribution in [1.29, 1.82) is 0 Å². The zero-order valence-electron chi connectivity index (χ0n) is 12.1. The number of amides is 2. The molecule has 0 rings (SSSR count). The Kier molecular flexibility index (Phi) is 7.85. The van der Waals surface area contributed by atoms with E-state index >= 15 is 0 Å². The van der Waals surface area contributed by atoms with Crippen LogP contribution in [0.1, 0.15) is 26.7 Å². The summed E-state index contributed by atoms with van der Waals surface area (Å²) in [5.74, 6) is -0.0888. The van der Waals surface area contributed by atoms with Crippen LogP contribution in [-0.2, 0) is 14.0 Å². The Morgan fingerprint density at radius 1 is 1.28 bits per heavy atom. The summed E-state index contributed by atoms with van der Waals surface area (Å²) >= 11 is 0. The van der Waals surface area contributed by atoms with E-state index in [9.17, 15) is 9.59 Å². The van der Waals surface area contributed by atoms with E-state index in [0.717, 1.165) is 12.8 Å². The van der Waals surface area contributed by atoms with Gasteiger partial charge in [-0.1, -0.05) is 20.3 Å². The molecule has 0 aromatic rings. The average molecular weight is 274 g/mol. The predicted molar refractivity (Wildman–Crippen MR) is 74.5 cm³/mol. The molecule has 0 aliphatic heterocycles. The van der Waals surface area contributed by atoms with Gasteiger partial charge in [0.1, 0.15) is 0 Å². The summed E-state index contributed by atoms with van der Waals surface area (Å²) in [6, 6.07) is 0.407. The van der Waals surface area contributed by atoms with Crippen LogP contribution in [0.5, 0.6) is 0 Å². The van der Waals surface area contributed by atoms with E-state index in [4.69, 9.17) is 4.43 Å². The molecule has 1 atom stereocenters. The fourth-order valence-corrected chi connectivity index (χ4v) is 2.53. The maximum absolute atomic E-state index is 11.6. The van der Waals surface area contributed by atoms with E-state index in [1.807, 2.05) is 26.9 Å². The van der Waals surface area contributed by atoms with Crippen molar-refractivity contribution in [3.8, 4) is 0 Å². The van der Waals surface area contributed by atoms with Gasteiger partial charge in [0.2, 0.25) is 11.8 Å². The fourth-order valence-electron chi connectivity index (χ4n) is 1.49. The maximum Gasteiger partial charge on any atom is 0.224 e. The first-order valence-corrected chi connectivity index (χ1v) is 9.53. The molecule has 0 heterocycles. The third-order valence-corrected chi connectivity index (χ3v) is 5.13. The second-order valence-corrected chi connectivity index (χ2v) is 9.43. The number of rotatable bonds is 8. The Balaban J connectivity index is 3.84. The highest BCUT2D eigenvalue weighted by molar-refractivity contribution is 6.74. The molecule has 2 N–H and O–H groups in total. The number of carbonyl (C=O) groups excluding carboxylic acids is 2. The van der Waals surface area contributed by atoms with E-state index in [-0.39, 0.29) is 24.4 Å². The molecular weight excluding hydrogens is 248 g/mol. The van der Waals surface area contributed by atoms with Crippen molar-refractivity contribution in [2.75, 3.05) is 13.8 Å². The Hall–Kier alpha value is -0.883. The third-order valence-electron chi connectivity index (χ3n) is 2.86. The maximum atomic E-state index is 11.6. The lowest BCUT2D eigenvalue weighted by atomic mass is 10.1. The van der Waals surface area contributed by atoms with E-state index in [1.54, 1.807) is 7.11 Å². The van der Waals surface area contributed by atoms with Crippen molar-refractivity contribution in [3.05, 3.63) is 0 Å². The Bertz CT molecular complexity index is 282. The van der Waals surface area contributed by atoms with E-state index in [1.165, 1.54) is 0 Å². The normalized spacial score (nSPS) is 12.9. The number of hydrogen-bond donors (Lipinski definition) is 2. The minimum absolute atomic E-state index is 0.00306. The fraction of sp³-hybridized carbons (Fsp3) is 0.833. The highest BCUT2D eigenvalue weighted by Gasteiger charge is 2.24. The molecule has 6 heteroatoms. The summed E-state index contributed by atoms with van der Waals surface area (Å²) in [5, 5.41) is 5.39. The molecule has 0 spiro atoms. The first-order chi connectivity index (χ1) is 8.32. The van der Waals surface area contributed by atoms with Crippen LogP contribution >= 0.6 is 0 Å². The lowest BCUT2D eigenvalue weighted by Crippen LogP contribution is -2.42. The molecule has 2 amide bonds. The lowest BCUT2D eigenvalue weighted by Gasteiger charge is -2.19. The van der Waals surface area contributed by atoms with Gasteiger partial charge in [-0.25, -0.2) is 0 Å². The molecule has 0 fully saturated rings. The van der Waals surface area contributed by atoms with E-state index in [0.29, 0.717) is 6.04 Å². The Labute approximate surface area is 111 Å². The summed E-state index contributed by atoms with van der Waals surface area (Å²) in [6.45, 7) is 8.09. The summed E-state index contributed by atoms with van der Waals surface area (Å²) in [6.07, 6.45) is 1.85. The SMILES string of the molecule is CCCC(C)C(=O)NCNC(=O)C[Si](C)(C)OC. The first kappa shape index (κ1) is 17.1. The van der Waals surface area contributed by atoms with Crippen molar-refractivity contribution in [3.63, 3.8) is 0 Å². The van der Waals surface area contributed by atoms with Gasteiger partial charge < -0.3 is 15.1 Å². The standard InChI is InChI=1S/C12H26N2O3Si/c1-6-7-10(2)12(16)14-9-13-11(15)8-18(4,5)17-3/h10H,6-9H2,1-5H3,(H,13,15)(H,14,16). The van der Waals surface area contributed by atoms with Gasteiger partial charge in [0, 0.05) is 19.1 Å². The molecule has 0 aromatic carbocycles. The highest BCUT2D eigenvalue weighted by Crippen LogP contribution is 2.08. The van der Waals surface area contributed by atoms with Gasteiger partial charge in [0.25, 0.3) is 0 Å². The molecule has 5 nitrogen and oxygen atoms in total. The van der Waals surface area contributed by atoms with Crippen LogP contribution in [-0.4, -0.2) is 33.9 Å². The molecule has 0 radical (unpaired) electrons. The average Bonchev–Trinajstić information content (AvgIpc) is 2.28. The van der Waals surface area contributed by atoms with Crippen LogP contribution in [0.2, 0.25) is 19.1 Å². The molecular formula is C12H26N2O3Si. The summed E-state index contributed by atoms with van der Waals surface area (Å²) in [7, 11) is -0.244. The highest BCUT2D eigenvalue weighted by atomic mass is 28.4. The molecule has 0 saturated heterocycles. The van der Waals surface area contributed by atoms with Gasteiger partial charge >= 0.3 is 0 Å². The van der Waals surface area contributed by atoms with Crippen LogP contribution in [0.3, 0.4) is 0 Å². The zero-order valence-corrected chi connectivity index (χ0v) is 13.1. The molecule has 1 unspecified atom stereocenters. The topological polar surface area (TPSA) is 67.4 Å². The van der Waals surface area contributed by atoms with Gasteiger partial charge in [-0.2, -0.15) is 0 Å². The first-order valence-electron chi connectivity index (χ1n) is 6.42. The number of nitrogens with one attached hydrogen (secondary N) is 2. The molecule has 106 valence electrons. The molecule has 18 heavy (non-hydrogen) atoms. The summed E-state index contributed by atoms with van der Waals surface area (Å²) in [4.78, 5) is 23.2. The second kappa shape index (κ2) is 8.26. The third kappa shape index (κ3) is 7.44. The van der Waals surface area contributed by atoms with E-state index < -0.39 is 8.32 Å². The smallest absolute Gasteiger partial charge is 0.224 e. The monoisotopic (exact) mass is 274 g/mol. The van der Waals surface area contributed by atoms with Crippen LogP contribution < -0.4 is 10.6 Å². The number of hydrogen-bond acceptors (Lipinski definition) is 3.